The number of aliphatic hydroxyl groups excluding tert-OH is 1. The third-order valence-corrected chi connectivity index (χ3v) is 8.35. The Bertz CT molecular complexity index is 1480. The second-order valence-electron chi connectivity index (χ2n) is 8.66. The molecule has 1 atom stereocenters. The number of benzene rings is 1. The molecule has 6 rings (SSSR count). The van der Waals surface area contributed by atoms with Crippen molar-refractivity contribution in [2.75, 3.05) is 25.1 Å². The standard InChI is InChI=1S/C24H20Cl2N6O3S/c1-31-19(5-6-28-31)29-23-27-9-16(26)20(30-23)18-8-15-21(36-18)24(11-35-12-24)32(22(15)34)17(10-33)13-3-2-4-14(25)7-13/h2-9,17,33H,10-12H2,1H3,(H,27,29,30). The summed E-state index contributed by atoms with van der Waals surface area (Å²) in [5.41, 5.74) is 1.19. The van der Waals surface area contributed by atoms with E-state index in [1.54, 1.807) is 27.9 Å². The summed E-state index contributed by atoms with van der Waals surface area (Å²) in [5.74, 6) is 0.917. The van der Waals surface area contributed by atoms with Crippen molar-refractivity contribution in [1.82, 2.24) is 24.6 Å². The highest BCUT2D eigenvalue weighted by molar-refractivity contribution is 7.16. The Morgan fingerprint density at radius 3 is 2.78 bits per heavy atom. The van der Waals surface area contributed by atoms with Gasteiger partial charge in [-0.25, -0.2) is 9.97 Å². The number of aryl methyl sites for hydroxylation is 1. The molecule has 1 fully saturated rings. The number of rotatable bonds is 6. The number of aromatic nitrogens is 4. The summed E-state index contributed by atoms with van der Waals surface area (Å²) in [5, 5.41) is 18.5. The number of halogens is 2. The van der Waals surface area contributed by atoms with Crippen LogP contribution in [0.5, 0.6) is 0 Å². The Balaban J connectivity index is 1.38. The van der Waals surface area contributed by atoms with Gasteiger partial charge in [-0.3, -0.25) is 9.48 Å². The number of fused-ring (bicyclic) bond motifs is 2. The first-order valence-electron chi connectivity index (χ1n) is 11.1. The fourth-order valence-corrected chi connectivity index (χ4v) is 6.47. The number of hydrogen-bond donors (Lipinski definition) is 2. The maximum absolute atomic E-state index is 13.8. The SMILES string of the molecule is Cn1nccc1Nc1ncc(Cl)c(-c2cc3c(s2)C2(COC2)N(C(CO)c2cccc(Cl)c2)C3=O)n1. The molecule has 2 aliphatic heterocycles. The van der Waals surface area contributed by atoms with E-state index in [2.05, 4.69) is 20.4 Å². The van der Waals surface area contributed by atoms with Gasteiger partial charge in [0.05, 0.1) is 53.7 Å². The predicted octanol–water partition coefficient (Wildman–Crippen LogP) is 4.40. The van der Waals surface area contributed by atoms with Gasteiger partial charge in [0.2, 0.25) is 5.95 Å². The third kappa shape index (κ3) is 3.60. The van der Waals surface area contributed by atoms with Crippen LogP contribution in [-0.2, 0) is 17.3 Å². The fourth-order valence-electron chi connectivity index (χ4n) is 4.71. The average molecular weight is 543 g/mol. The van der Waals surface area contributed by atoms with Crippen LogP contribution < -0.4 is 5.32 Å². The first-order chi connectivity index (χ1) is 17.4. The molecule has 0 saturated carbocycles. The van der Waals surface area contributed by atoms with Gasteiger partial charge in [-0.2, -0.15) is 5.10 Å². The van der Waals surface area contributed by atoms with Crippen LogP contribution in [0.1, 0.15) is 26.8 Å². The maximum atomic E-state index is 13.8. The lowest BCUT2D eigenvalue weighted by atomic mass is 9.92. The number of amides is 1. The van der Waals surface area contributed by atoms with Crippen LogP contribution in [0.25, 0.3) is 10.6 Å². The molecular weight excluding hydrogens is 523 g/mol. The predicted molar refractivity (Wildman–Crippen MR) is 137 cm³/mol. The molecular formula is C24H20Cl2N6O3S. The van der Waals surface area contributed by atoms with Crippen LogP contribution in [0.2, 0.25) is 10.0 Å². The van der Waals surface area contributed by atoms with Crippen molar-refractivity contribution in [3.05, 3.63) is 74.8 Å². The second-order valence-corrected chi connectivity index (χ2v) is 10.6. The summed E-state index contributed by atoms with van der Waals surface area (Å²) in [6.07, 6.45) is 3.20. The van der Waals surface area contributed by atoms with Gasteiger partial charge in [-0.1, -0.05) is 35.3 Å². The lowest BCUT2D eigenvalue weighted by Crippen LogP contribution is -2.58. The smallest absolute Gasteiger partial charge is 0.256 e. The van der Waals surface area contributed by atoms with Crippen LogP contribution in [-0.4, -0.2) is 55.5 Å². The summed E-state index contributed by atoms with van der Waals surface area (Å²) in [4.78, 5) is 26.0. The zero-order chi connectivity index (χ0) is 25.0. The molecule has 9 nitrogen and oxygen atoms in total. The lowest BCUT2D eigenvalue weighted by molar-refractivity contribution is -0.139. The van der Waals surface area contributed by atoms with Crippen molar-refractivity contribution in [3.63, 3.8) is 0 Å². The van der Waals surface area contributed by atoms with Crippen molar-refractivity contribution in [1.29, 1.82) is 0 Å². The Kier molecular flexibility index (Phi) is 5.73. The molecule has 1 saturated heterocycles. The van der Waals surface area contributed by atoms with E-state index in [1.165, 1.54) is 17.5 Å². The Labute approximate surface area is 220 Å². The monoisotopic (exact) mass is 542 g/mol. The molecule has 0 aliphatic carbocycles. The van der Waals surface area contributed by atoms with Crippen molar-refractivity contribution in [2.45, 2.75) is 11.6 Å². The highest BCUT2D eigenvalue weighted by Gasteiger charge is 2.58. The third-order valence-electron chi connectivity index (χ3n) is 6.50. The van der Waals surface area contributed by atoms with Crippen LogP contribution in [0.4, 0.5) is 11.8 Å². The van der Waals surface area contributed by atoms with Crippen LogP contribution in [0.15, 0.2) is 48.8 Å². The molecule has 36 heavy (non-hydrogen) atoms. The highest BCUT2D eigenvalue weighted by atomic mass is 35.5. The van der Waals surface area contributed by atoms with E-state index in [4.69, 9.17) is 27.9 Å². The number of nitrogens with one attached hydrogen (secondary N) is 1. The summed E-state index contributed by atoms with van der Waals surface area (Å²) in [7, 11) is 1.81. The van der Waals surface area contributed by atoms with Crippen molar-refractivity contribution < 1.29 is 14.6 Å². The molecule has 1 spiro atoms. The number of hydrogen-bond acceptors (Lipinski definition) is 8. The summed E-state index contributed by atoms with van der Waals surface area (Å²) in [6.45, 7) is 0.442. The number of anilines is 2. The van der Waals surface area contributed by atoms with E-state index in [0.29, 0.717) is 40.5 Å². The largest absolute Gasteiger partial charge is 0.394 e. The van der Waals surface area contributed by atoms with E-state index in [0.717, 1.165) is 21.1 Å². The number of ether oxygens (including phenoxy) is 1. The van der Waals surface area contributed by atoms with Gasteiger partial charge in [0.1, 0.15) is 17.1 Å². The number of carbonyl (C=O) groups is 1. The molecule has 184 valence electrons. The van der Waals surface area contributed by atoms with Gasteiger partial charge < -0.3 is 20.1 Å². The van der Waals surface area contributed by atoms with Crippen molar-refractivity contribution in [2.24, 2.45) is 7.05 Å². The Morgan fingerprint density at radius 1 is 1.28 bits per heavy atom. The molecule has 0 bridgehead atoms. The first-order valence-corrected chi connectivity index (χ1v) is 12.7. The van der Waals surface area contributed by atoms with Crippen LogP contribution in [0, 0.1) is 0 Å². The molecule has 3 aromatic heterocycles. The highest BCUT2D eigenvalue weighted by Crippen LogP contribution is 2.53. The van der Waals surface area contributed by atoms with E-state index in [9.17, 15) is 9.90 Å². The van der Waals surface area contributed by atoms with Crippen molar-refractivity contribution >= 4 is 52.2 Å². The molecule has 4 aromatic rings. The van der Waals surface area contributed by atoms with Gasteiger partial charge in [-0.15, -0.1) is 11.3 Å². The number of aliphatic hydroxyl groups is 1. The quantitative estimate of drug-likeness (QED) is 0.371. The van der Waals surface area contributed by atoms with Gasteiger partial charge in [-0.05, 0) is 23.8 Å². The van der Waals surface area contributed by atoms with Gasteiger partial charge in [0, 0.05) is 23.0 Å². The second kappa shape index (κ2) is 8.82. The molecule has 2 aliphatic rings. The zero-order valence-corrected chi connectivity index (χ0v) is 21.3. The Hall–Kier alpha value is -3.02. The maximum Gasteiger partial charge on any atom is 0.256 e. The molecule has 2 N–H and O–H groups in total. The molecule has 1 aromatic carbocycles. The van der Waals surface area contributed by atoms with E-state index in [-0.39, 0.29) is 12.5 Å². The number of carbonyl (C=O) groups excluding carboxylic acids is 1. The van der Waals surface area contributed by atoms with E-state index < -0.39 is 11.6 Å². The summed E-state index contributed by atoms with van der Waals surface area (Å²) >= 11 is 14.1. The first kappa shape index (κ1) is 23.4. The van der Waals surface area contributed by atoms with Crippen LogP contribution in [0.3, 0.4) is 0 Å². The van der Waals surface area contributed by atoms with Gasteiger partial charge in [0.25, 0.3) is 5.91 Å². The molecule has 1 amide bonds. The Morgan fingerprint density at radius 2 is 2.11 bits per heavy atom. The molecule has 5 heterocycles. The molecule has 1 unspecified atom stereocenters. The molecule has 12 heteroatoms. The van der Waals surface area contributed by atoms with Gasteiger partial charge in [0.15, 0.2) is 0 Å². The fraction of sp³-hybridized carbons (Fsp3) is 0.250. The number of thiophene rings is 1. The van der Waals surface area contributed by atoms with Crippen molar-refractivity contribution in [3.8, 4) is 10.6 Å². The topological polar surface area (TPSA) is 105 Å². The summed E-state index contributed by atoms with van der Waals surface area (Å²) < 4.78 is 7.28. The van der Waals surface area contributed by atoms with E-state index in [1.807, 2.05) is 31.3 Å². The normalized spacial score (nSPS) is 16.8. The zero-order valence-electron chi connectivity index (χ0n) is 19.0. The van der Waals surface area contributed by atoms with E-state index >= 15 is 0 Å². The van der Waals surface area contributed by atoms with Crippen LogP contribution >= 0.6 is 34.5 Å². The lowest BCUT2D eigenvalue weighted by Gasteiger charge is -2.48. The number of nitrogens with zero attached hydrogens (tertiary/aromatic N) is 5. The summed E-state index contributed by atoms with van der Waals surface area (Å²) in [6, 6.07) is 10.3. The van der Waals surface area contributed by atoms with Gasteiger partial charge >= 0.3 is 0 Å². The average Bonchev–Trinajstić information content (AvgIpc) is 3.51. The minimum atomic E-state index is -0.666. The minimum Gasteiger partial charge on any atom is -0.394 e. The minimum absolute atomic E-state index is 0.173. The molecule has 0 radical (unpaired) electrons.